The van der Waals surface area contributed by atoms with Gasteiger partial charge in [-0.25, -0.2) is 0 Å². The monoisotopic (exact) mass is 456 g/mol. The minimum atomic E-state index is -0.0831. The topological polar surface area (TPSA) is 43.4 Å². The first-order valence-electron chi connectivity index (χ1n) is 14.3. The van der Waals surface area contributed by atoms with Gasteiger partial charge in [0, 0.05) is 25.2 Å². The lowest BCUT2D eigenvalue weighted by atomic mass is 9.43. The summed E-state index contributed by atoms with van der Waals surface area (Å²) in [4.78, 5) is 24.6. The Morgan fingerprint density at radius 3 is 2.36 bits per heavy atom. The molecule has 0 bridgehead atoms. The summed E-state index contributed by atoms with van der Waals surface area (Å²) in [5.41, 5.74) is 0.764. The standard InChI is InChI=1S/C30H48O3/c1-7-26(32)22-16-21(22)18(3)23-8-9-24-28-25(11-13-30(23,24)6)29(5)12-10-17(2)14-20(29)15-27(28)33-19(4)31/h17-18,20-25,27-28H,7-16H2,1-6H3/t17-,18?,20+,21?,22?,23?,24?,25?,27?,28?,29+,30-/m1/s1. The largest absolute Gasteiger partial charge is 0.462 e. The average molecular weight is 457 g/mol. The Hall–Kier alpha value is -0.860. The molecule has 0 aromatic rings. The molecule has 186 valence electrons. The van der Waals surface area contributed by atoms with Crippen LogP contribution in [0, 0.1) is 64.1 Å². The third-order valence-corrected chi connectivity index (χ3v) is 12.2. The Bertz CT molecular complexity index is 789. The van der Waals surface area contributed by atoms with Crippen LogP contribution >= 0.6 is 0 Å². The molecule has 3 nitrogen and oxygen atoms in total. The van der Waals surface area contributed by atoms with Crippen molar-refractivity contribution < 1.29 is 14.3 Å². The highest BCUT2D eigenvalue weighted by Gasteiger charge is 2.64. The van der Waals surface area contributed by atoms with Crippen molar-refractivity contribution in [1.82, 2.24) is 0 Å². The number of fused-ring (bicyclic) bond motifs is 5. The van der Waals surface area contributed by atoms with Crippen molar-refractivity contribution in [3.8, 4) is 0 Å². The number of carbonyl (C=O) groups excluding carboxylic acids is 2. The second kappa shape index (κ2) is 8.37. The first-order chi connectivity index (χ1) is 15.6. The fourth-order valence-corrected chi connectivity index (χ4v) is 10.4. The van der Waals surface area contributed by atoms with Crippen molar-refractivity contribution in [3.63, 3.8) is 0 Å². The summed E-state index contributed by atoms with van der Waals surface area (Å²) in [5.74, 6) is 6.16. The van der Waals surface area contributed by atoms with Gasteiger partial charge in [-0.2, -0.15) is 0 Å². The van der Waals surface area contributed by atoms with Gasteiger partial charge in [-0.15, -0.1) is 0 Å². The summed E-state index contributed by atoms with van der Waals surface area (Å²) >= 11 is 0. The summed E-state index contributed by atoms with van der Waals surface area (Å²) < 4.78 is 6.18. The molecule has 0 spiro atoms. The van der Waals surface area contributed by atoms with Crippen molar-refractivity contribution in [2.24, 2.45) is 64.1 Å². The van der Waals surface area contributed by atoms with Gasteiger partial charge in [-0.1, -0.05) is 41.0 Å². The number of hydrogen-bond acceptors (Lipinski definition) is 3. The van der Waals surface area contributed by atoms with Crippen molar-refractivity contribution >= 4 is 11.8 Å². The van der Waals surface area contributed by atoms with Crippen LogP contribution in [0.2, 0.25) is 0 Å². The zero-order valence-corrected chi connectivity index (χ0v) is 22.1. The quantitative estimate of drug-likeness (QED) is 0.415. The number of hydrogen-bond donors (Lipinski definition) is 0. The van der Waals surface area contributed by atoms with Crippen LogP contribution in [-0.4, -0.2) is 17.9 Å². The Morgan fingerprint density at radius 1 is 0.970 bits per heavy atom. The number of ketones is 1. The molecule has 3 heteroatoms. The van der Waals surface area contributed by atoms with Crippen LogP contribution in [-0.2, 0) is 14.3 Å². The van der Waals surface area contributed by atoms with Gasteiger partial charge >= 0.3 is 5.97 Å². The van der Waals surface area contributed by atoms with Crippen molar-refractivity contribution in [2.45, 2.75) is 112 Å². The maximum atomic E-state index is 12.3. The van der Waals surface area contributed by atoms with Gasteiger partial charge in [0.05, 0.1) is 0 Å². The summed E-state index contributed by atoms with van der Waals surface area (Å²) in [6.45, 7) is 13.7. The molecule has 0 aliphatic heterocycles. The maximum absolute atomic E-state index is 12.3. The molecule has 12 atom stereocenters. The Labute approximate surface area is 202 Å². The zero-order valence-electron chi connectivity index (χ0n) is 22.1. The van der Waals surface area contributed by atoms with Gasteiger partial charge < -0.3 is 4.74 Å². The smallest absolute Gasteiger partial charge is 0.302 e. The average Bonchev–Trinajstić information content (AvgIpc) is 3.48. The van der Waals surface area contributed by atoms with E-state index < -0.39 is 0 Å². The second-order valence-electron chi connectivity index (χ2n) is 13.7. The van der Waals surface area contributed by atoms with Gasteiger partial charge in [-0.05, 0) is 104 Å². The molecule has 0 saturated heterocycles. The molecule has 0 aromatic heterocycles. The van der Waals surface area contributed by atoms with Crippen LogP contribution in [0.25, 0.3) is 0 Å². The van der Waals surface area contributed by atoms with E-state index in [1.807, 2.05) is 6.92 Å². The predicted octanol–water partition coefficient (Wildman–Crippen LogP) is 7.07. The Kier molecular flexibility index (Phi) is 6.05. The van der Waals surface area contributed by atoms with E-state index in [1.54, 1.807) is 6.92 Å². The Balaban J connectivity index is 1.41. The first-order valence-corrected chi connectivity index (χ1v) is 14.3. The molecule has 0 aromatic carbocycles. The molecule has 5 aliphatic carbocycles. The van der Waals surface area contributed by atoms with Crippen LogP contribution in [0.15, 0.2) is 0 Å². The predicted molar refractivity (Wildman–Crippen MR) is 131 cm³/mol. The van der Waals surface area contributed by atoms with E-state index in [2.05, 4.69) is 27.7 Å². The summed E-state index contributed by atoms with van der Waals surface area (Å²) in [6.07, 6.45) is 12.3. The number of ether oxygens (including phenoxy) is 1. The van der Waals surface area contributed by atoms with Gasteiger partial charge in [-0.3, -0.25) is 9.59 Å². The molecule has 5 fully saturated rings. The summed E-state index contributed by atoms with van der Waals surface area (Å²) in [7, 11) is 0. The SMILES string of the molecule is CCC(=O)C1CC1C(C)C1CCC2C3C(OC(C)=O)C[C@@H]4C[C@H](C)CC[C@]4(C)C3CC[C@]12C. The highest BCUT2D eigenvalue weighted by atomic mass is 16.5. The number of rotatable bonds is 5. The molecule has 0 N–H and O–H groups in total. The molecular formula is C30H48O3. The van der Waals surface area contributed by atoms with E-state index >= 15 is 0 Å². The van der Waals surface area contributed by atoms with Crippen molar-refractivity contribution in [2.75, 3.05) is 0 Å². The molecule has 5 rings (SSSR count). The van der Waals surface area contributed by atoms with Crippen LogP contribution in [0.3, 0.4) is 0 Å². The van der Waals surface area contributed by atoms with Crippen LogP contribution in [0.1, 0.15) is 106 Å². The number of carbonyl (C=O) groups is 2. The molecule has 0 radical (unpaired) electrons. The molecule has 8 unspecified atom stereocenters. The molecule has 0 amide bonds. The fourth-order valence-electron chi connectivity index (χ4n) is 10.4. The molecule has 0 heterocycles. The van der Waals surface area contributed by atoms with Crippen LogP contribution in [0.4, 0.5) is 0 Å². The summed E-state index contributed by atoms with van der Waals surface area (Å²) in [5, 5.41) is 0. The van der Waals surface area contributed by atoms with Gasteiger partial charge in [0.2, 0.25) is 0 Å². The molecule has 33 heavy (non-hydrogen) atoms. The fraction of sp³-hybridized carbons (Fsp3) is 0.933. The summed E-state index contributed by atoms with van der Waals surface area (Å²) in [6, 6.07) is 0. The van der Waals surface area contributed by atoms with E-state index in [4.69, 9.17) is 4.74 Å². The van der Waals surface area contributed by atoms with E-state index in [9.17, 15) is 9.59 Å². The highest BCUT2D eigenvalue weighted by Crippen LogP contribution is 2.70. The highest BCUT2D eigenvalue weighted by molar-refractivity contribution is 5.83. The van der Waals surface area contributed by atoms with E-state index in [0.717, 1.165) is 24.7 Å². The molecule has 5 aliphatic rings. The van der Waals surface area contributed by atoms with Gasteiger partial charge in [0.25, 0.3) is 0 Å². The van der Waals surface area contributed by atoms with E-state index in [0.29, 0.717) is 64.5 Å². The number of esters is 1. The van der Waals surface area contributed by atoms with Gasteiger partial charge in [0.15, 0.2) is 0 Å². The maximum Gasteiger partial charge on any atom is 0.302 e. The minimum absolute atomic E-state index is 0.0831. The second-order valence-corrected chi connectivity index (χ2v) is 13.7. The van der Waals surface area contributed by atoms with E-state index in [1.165, 1.54) is 44.9 Å². The lowest BCUT2D eigenvalue weighted by Gasteiger charge is -2.63. The third-order valence-electron chi connectivity index (χ3n) is 12.2. The zero-order chi connectivity index (χ0) is 23.7. The lowest BCUT2D eigenvalue weighted by Crippen LogP contribution is -2.59. The van der Waals surface area contributed by atoms with Gasteiger partial charge in [0.1, 0.15) is 11.9 Å². The lowest BCUT2D eigenvalue weighted by molar-refractivity contribution is -0.191. The Morgan fingerprint density at radius 2 is 1.67 bits per heavy atom. The van der Waals surface area contributed by atoms with Crippen LogP contribution in [0.5, 0.6) is 0 Å². The molecular weight excluding hydrogens is 408 g/mol. The van der Waals surface area contributed by atoms with Crippen LogP contribution < -0.4 is 0 Å². The molecule has 5 saturated carbocycles. The minimum Gasteiger partial charge on any atom is -0.462 e. The normalized spacial score (nSPS) is 51.6. The van der Waals surface area contributed by atoms with Crippen molar-refractivity contribution in [3.05, 3.63) is 0 Å². The third kappa shape index (κ3) is 3.74. The first kappa shape index (κ1) is 23.9. The van der Waals surface area contributed by atoms with E-state index in [-0.39, 0.29) is 12.1 Å². The number of Topliss-reactive ketones (excluding diaryl/α,β-unsaturated/α-hetero) is 1. The van der Waals surface area contributed by atoms with Crippen molar-refractivity contribution in [1.29, 1.82) is 0 Å².